The van der Waals surface area contributed by atoms with E-state index in [1.54, 1.807) is 31.5 Å². The van der Waals surface area contributed by atoms with Crippen molar-refractivity contribution in [3.63, 3.8) is 0 Å². The lowest BCUT2D eigenvalue weighted by atomic mass is 10.1. The van der Waals surface area contributed by atoms with Crippen molar-refractivity contribution >= 4 is 28.9 Å². The lowest BCUT2D eigenvalue weighted by Gasteiger charge is -2.15. The molecule has 0 fully saturated rings. The molecule has 200 valence electrons. The molecule has 3 rings (SSSR count). The average Bonchev–Trinajstić information content (AvgIpc) is 3.04. The number of anilines is 1. The fraction of sp³-hybridized carbons (Fsp3) is 0.192. The normalized spacial score (nSPS) is 13.9. The van der Waals surface area contributed by atoms with Gasteiger partial charge in [-0.25, -0.2) is 0 Å². The molecule has 2 aromatic rings. The molecule has 1 amide bonds. The van der Waals surface area contributed by atoms with Gasteiger partial charge in [0, 0.05) is 47.0 Å². The topological polar surface area (TPSA) is 66.0 Å². The third-order valence-corrected chi connectivity index (χ3v) is 5.51. The van der Waals surface area contributed by atoms with E-state index in [0.717, 1.165) is 11.6 Å². The van der Waals surface area contributed by atoms with Gasteiger partial charge in [-0.2, -0.15) is 26.3 Å². The third-order valence-electron chi connectivity index (χ3n) is 5.31. The van der Waals surface area contributed by atoms with E-state index in [1.165, 1.54) is 12.1 Å². The van der Waals surface area contributed by atoms with Crippen LogP contribution in [0, 0.1) is 6.92 Å². The molecular formula is C26H22F6N4OS. The Balaban J connectivity index is 1.72. The molecular weight excluding hydrogens is 530 g/mol. The molecule has 0 saturated carbocycles. The van der Waals surface area contributed by atoms with Crippen LogP contribution in [0.25, 0.3) is 0 Å². The first-order valence-electron chi connectivity index (χ1n) is 11.1. The molecule has 0 spiro atoms. The van der Waals surface area contributed by atoms with E-state index in [1.807, 2.05) is 6.07 Å². The Hall–Kier alpha value is -3.93. The standard InChI is InChI=1S/C26H22F6N4OS/c1-15-5-6-18(11-22(15)36-24(38)34-16(2)10-17-4-3-9-33-14-17)23(37)35-21-8-7-19(25(27,28)29)12-20(13-21)26(30,31)32/h3-6,8-9,11-14H,2,7,10H2,1H3,(H,35,37)(H2,34,36,38). The quantitative estimate of drug-likeness (QED) is 0.285. The van der Waals surface area contributed by atoms with E-state index in [4.69, 9.17) is 12.2 Å². The molecule has 0 saturated heterocycles. The molecule has 3 N–H and O–H groups in total. The summed E-state index contributed by atoms with van der Waals surface area (Å²) >= 11 is 5.31. The Labute approximate surface area is 220 Å². The van der Waals surface area contributed by atoms with Gasteiger partial charge in [-0.05, 0) is 67.0 Å². The van der Waals surface area contributed by atoms with Crippen molar-refractivity contribution in [1.82, 2.24) is 15.6 Å². The number of aromatic nitrogens is 1. The Bertz CT molecular complexity index is 1330. The van der Waals surface area contributed by atoms with Crippen LogP contribution in [0.2, 0.25) is 0 Å². The number of alkyl halides is 6. The summed E-state index contributed by atoms with van der Waals surface area (Å²) in [5.74, 6) is -0.813. The van der Waals surface area contributed by atoms with Crippen LogP contribution in [-0.2, 0) is 6.42 Å². The van der Waals surface area contributed by atoms with Gasteiger partial charge in [-0.1, -0.05) is 24.8 Å². The van der Waals surface area contributed by atoms with Gasteiger partial charge >= 0.3 is 12.4 Å². The van der Waals surface area contributed by atoms with Crippen molar-refractivity contribution in [2.45, 2.75) is 32.1 Å². The molecule has 12 heteroatoms. The number of amides is 1. The maximum absolute atomic E-state index is 13.3. The molecule has 5 nitrogen and oxygen atoms in total. The molecule has 1 aliphatic rings. The van der Waals surface area contributed by atoms with E-state index in [-0.39, 0.29) is 16.8 Å². The summed E-state index contributed by atoms with van der Waals surface area (Å²) in [5.41, 5.74) is -0.621. The van der Waals surface area contributed by atoms with Gasteiger partial charge in [0.25, 0.3) is 5.91 Å². The van der Waals surface area contributed by atoms with Gasteiger partial charge in [0.05, 0.1) is 5.57 Å². The van der Waals surface area contributed by atoms with Crippen molar-refractivity contribution < 1.29 is 31.1 Å². The van der Waals surface area contributed by atoms with Crippen LogP contribution < -0.4 is 16.0 Å². The molecule has 0 atom stereocenters. The summed E-state index contributed by atoms with van der Waals surface area (Å²) in [6.45, 7) is 5.66. The predicted octanol–water partition coefficient (Wildman–Crippen LogP) is 6.43. The first-order valence-corrected chi connectivity index (χ1v) is 11.5. The number of hydrogen-bond donors (Lipinski definition) is 3. The first-order chi connectivity index (χ1) is 17.7. The summed E-state index contributed by atoms with van der Waals surface area (Å²) in [6, 6.07) is 8.10. The van der Waals surface area contributed by atoms with Crippen molar-refractivity contribution in [2.24, 2.45) is 0 Å². The number of halogens is 6. The van der Waals surface area contributed by atoms with Crippen molar-refractivity contribution in [2.75, 3.05) is 5.32 Å². The number of nitrogens with one attached hydrogen (secondary N) is 3. The first kappa shape index (κ1) is 28.6. The molecule has 38 heavy (non-hydrogen) atoms. The number of pyridine rings is 1. The zero-order chi connectivity index (χ0) is 28.1. The van der Waals surface area contributed by atoms with Gasteiger partial charge in [0.1, 0.15) is 0 Å². The predicted molar refractivity (Wildman–Crippen MR) is 136 cm³/mol. The minimum Gasteiger partial charge on any atom is -0.336 e. The fourth-order valence-corrected chi connectivity index (χ4v) is 3.65. The van der Waals surface area contributed by atoms with Crippen molar-refractivity contribution in [1.29, 1.82) is 0 Å². The zero-order valence-corrected chi connectivity index (χ0v) is 20.7. The van der Waals surface area contributed by atoms with Crippen LogP contribution in [0.5, 0.6) is 0 Å². The second kappa shape index (κ2) is 11.6. The van der Waals surface area contributed by atoms with Gasteiger partial charge in [-0.15, -0.1) is 0 Å². The Morgan fingerprint density at radius 2 is 1.82 bits per heavy atom. The molecule has 0 aliphatic heterocycles. The number of carbonyl (C=O) groups is 1. The Kier molecular flexibility index (Phi) is 8.77. The summed E-state index contributed by atoms with van der Waals surface area (Å²) in [5, 5.41) is 8.32. The lowest BCUT2D eigenvalue weighted by Crippen LogP contribution is -2.29. The second-order valence-corrected chi connectivity index (χ2v) is 8.74. The highest BCUT2D eigenvalue weighted by molar-refractivity contribution is 7.80. The van der Waals surface area contributed by atoms with E-state index in [9.17, 15) is 31.1 Å². The number of allylic oxidation sites excluding steroid dienone is 6. The molecule has 1 aromatic heterocycles. The number of aryl methyl sites for hydroxylation is 1. The van der Waals surface area contributed by atoms with Crippen LogP contribution in [0.15, 0.2) is 90.1 Å². The highest BCUT2D eigenvalue weighted by Crippen LogP contribution is 2.36. The Morgan fingerprint density at radius 1 is 1.08 bits per heavy atom. The van der Waals surface area contributed by atoms with Crippen LogP contribution in [0.1, 0.15) is 27.9 Å². The van der Waals surface area contributed by atoms with Crippen LogP contribution >= 0.6 is 12.2 Å². The minimum absolute atomic E-state index is 0.0413. The molecule has 1 aliphatic carbocycles. The minimum atomic E-state index is -5.05. The van der Waals surface area contributed by atoms with E-state index in [2.05, 4.69) is 27.5 Å². The lowest BCUT2D eigenvalue weighted by molar-refractivity contribution is -0.0963. The summed E-state index contributed by atoms with van der Waals surface area (Å²) in [4.78, 5) is 16.8. The van der Waals surface area contributed by atoms with Crippen LogP contribution in [0.3, 0.4) is 0 Å². The molecule has 0 radical (unpaired) electrons. The second-order valence-electron chi connectivity index (χ2n) is 8.33. The summed E-state index contributed by atoms with van der Waals surface area (Å²) < 4.78 is 79.2. The average molecular weight is 553 g/mol. The van der Waals surface area contributed by atoms with E-state index < -0.39 is 41.5 Å². The van der Waals surface area contributed by atoms with Gasteiger partial charge in [0.15, 0.2) is 5.11 Å². The van der Waals surface area contributed by atoms with E-state index >= 15 is 0 Å². The SMILES string of the molecule is C=C(Cc1cccnc1)NC(=S)Nc1cc(C(=O)NC2=CCC(C(F)(F)F)=CC(C(F)(F)F)=C2)ccc1C. The maximum atomic E-state index is 13.3. The van der Waals surface area contributed by atoms with Crippen LogP contribution in [-0.4, -0.2) is 28.4 Å². The number of thiocarbonyl (C=S) groups is 1. The fourth-order valence-electron chi connectivity index (χ4n) is 3.39. The number of carbonyl (C=O) groups excluding carboxylic acids is 1. The van der Waals surface area contributed by atoms with Gasteiger partial charge in [-0.3, -0.25) is 9.78 Å². The van der Waals surface area contributed by atoms with Crippen LogP contribution in [0.4, 0.5) is 32.0 Å². The van der Waals surface area contributed by atoms with Crippen molar-refractivity contribution in [3.8, 4) is 0 Å². The highest BCUT2D eigenvalue weighted by atomic mass is 32.1. The maximum Gasteiger partial charge on any atom is 0.416 e. The van der Waals surface area contributed by atoms with Gasteiger partial charge < -0.3 is 16.0 Å². The third kappa shape index (κ3) is 8.04. The highest BCUT2D eigenvalue weighted by Gasteiger charge is 2.39. The number of benzene rings is 1. The number of nitrogens with zero attached hydrogens (tertiary/aromatic N) is 1. The van der Waals surface area contributed by atoms with E-state index in [0.29, 0.717) is 29.4 Å². The molecule has 1 heterocycles. The number of rotatable bonds is 6. The summed E-state index contributed by atoms with van der Waals surface area (Å²) in [6.07, 6.45) is -5.64. The van der Waals surface area contributed by atoms with Crippen molar-refractivity contribution in [3.05, 3.63) is 107 Å². The molecule has 0 bridgehead atoms. The van der Waals surface area contributed by atoms with Gasteiger partial charge in [0.2, 0.25) is 0 Å². The number of hydrogen-bond acceptors (Lipinski definition) is 3. The monoisotopic (exact) mass is 552 g/mol. The zero-order valence-electron chi connectivity index (χ0n) is 19.9. The molecule has 0 unspecified atom stereocenters. The summed E-state index contributed by atoms with van der Waals surface area (Å²) in [7, 11) is 0. The Morgan fingerprint density at radius 3 is 2.45 bits per heavy atom. The molecule has 1 aromatic carbocycles. The smallest absolute Gasteiger partial charge is 0.336 e. The largest absolute Gasteiger partial charge is 0.416 e.